The Morgan fingerprint density at radius 2 is 1.16 bits per heavy atom. The van der Waals surface area contributed by atoms with E-state index in [-0.39, 0.29) is 29.1 Å². The summed E-state index contributed by atoms with van der Waals surface area (Å²) in [6, 6.07) is 25.4. The third-order valence-corrected chi connectivity index (χ3v) is 5.03. The van der Waals surface area contributed by atoms with Crippen molar-refractivity contribution >= 4 is 11.9 Å². The summed E-state index contributed by atoms with van der Waals surface area (Å²) in [5, 5.41) is 21.8. The zero-order valence-electron chi connectivity index (χ0n) is 17.0. The first kappa shape index (κ1) is 20.9. The number of para-hydroxylation sites is 2. The van der Waals surface area contributed by atoms with Crippen LogP contribution in [0.25, 0.3) is 0 Å². The number of hydrogen-bond donors (Lipinski definition) is 2. The Kier molecular flexibility index (Phi) is 6.03. The van der Waals surface area contributed by atoms with Gasteiger partial charge in [0.1, 0.15) is 23.0 Å². The highest BCUT2D eigenvalue weighted by atomic mass is 16.5. The summed E-state index contributed by atoms with van der Waals surface area (Å²) < 4.78 is 10.8. The molecule has 0 aliphatic heterocycles. The molecule has 2 N–H and O–H groups in total. The summed E-state index contributed by atoms with van der Waals surface area (Å²) in [6.07, 6.45) is -0.361. The van der Waals surface area contributed by atoms with Crippen LogP contribution in [0, 0.1) is 0 Å². The van der Waals surface area contributed by atoms with Crippen LogP contribution in [0.15, 0.2) is 114 Å². The molecule has 3 aromatic rings. The Bertz CT molecular complexity index is 1180. The maximum absolute atomic E-state index is 13.0. The normalized spacial score (nSPS) is 15.9. The number of allylic oxidation sites excluding steroid dienone is 2. The van der Waals surface area contributed by atoms with E-state index in [0.29, 0.717) is 17.1 Å². The third-order valence-electron chi connectivity index (χ3n) is 5.03. The Labute approximate surface area is 184 Å². The number of benzene rings is 3. The molecule has 6 heteroatoms. The fourth-order valence-electron chi connectivity index (χ4n) is 3.52. The van der Waals surface area contributed by atoms with Gasteiger partial charge < -0.3 is 19.7 Å². The average Bonchev–Trinajstić information content (AvgIpc) is 2.81. The van der Waals surface area contributed by atoms with Crippen molar-refractivity contribution in [2.75, 3.05) is 0 Å². The minimum Gasteiger partial charge on any atom is -0.511 e. The number of carbonyl (C=O) groups is 2. The highest BCUT2D eigenvalue weighted by molar-refractivity contribution is 5.97. The Morgan fingerprint density at radius 1 is 0.688 bits per heavy atom. The van der Waals surface area contributed by atoms with E-state index in [1.54, 1.807) is 91.0 Å². The van der Waals surface area contributed by atoms with Crippen LogP contribution in [-0.4, -0.2) is 22.2 Å². The summed E-state index contributed by atoms with van der Waals surface area (Å²) in [5.41, 5.74) is 0.256. The van der Waals surface area contributed by atoms with Crippen LogP contribution >= 0.6 is 0 Å². The predicted molar refractivity (Wildman–Crippen MR) is 117 cm³/mol. The van der Waals surface area contributed by atoms with Crippen molar-refractivity contribution in [2.24, 2.45) is 0 Å². The van der Waals surface area contributed by atoms with Crippen molar-refractivity contribution in [3.63, 3.8) is 0 Å². The SMILES string of the molecule is O=C(Oc1ccccc1)C1=C(O)C(c2ccccc2)C(C(=O)Oc2ccccc2)=C(O)C1. The first-order chi connectivity index (χ1) is 15.5. The van der Waals surface area contributed by atoms with Crippen molar-refractivity contribution in [1.29, 1.82) is 0 Å². The van der Waals surface area contributed by atoms with Crippen LogP contribution < -0.4 is 9.47 Å². The molecule has 0 aromatic heterocycles. The smallest absolute Gasteiger partial charge is 0.343 e. The van der Waals surface area contributed by atoms with Gasteiger partial charge in [0.05, 0.1) is 17.1 Å². The van der Waals surface area contributed by atoms with Gasteiger partial charge in [-0.15, -0.1) is 0 Å². The van der Waals surface area contributed by atoms with Gasteiger partial charge in [-0.3, -0.25) is 0 Å². The molecule has 0 heterocycles. The summed E-state index contributed by atoms with van der Waals surface area (Å²) in [4.78, 5) is 25.8. The Hall–Kier alpha value is -4.32. The van der Waals surface area contributed by atoms with Crippen LogP contribution in [0.4, 0.5) is 0 Å². The van der Waals surface area contributed by atoms with Gasteiger partial charge in [0.25, 0.3) is 0 Å². The average molecular weight is 428 g/mol. The van der Waals surface area contributed by atoms with E-state index in [9.17, 15) is 19.8 Å². The zero-order chi connectivity index (χ0) is 22.5. The molecule has 1 atom stereocenters. The first-order valence-corrected chi connectivity index (χ1v) is 9.98. The largest absolute Gasteiger partial charge is 0.511 e. The summed E-state index contributed by atoms with van der Waals surface area (Å²) >= 11 is 0. The van der Waals surface area contributed by atoms with E-state index < -0.39 is 17.9 Å². The molecule has 0 saturated carbocycles. The lowest BCUT2D eigenvalue weighted by molar-refractivity contribution is -0.132. The lowest BCUT2D eigenvalue weighted by Crippen LogP contribution is -2.27. The molecule has 0 spiro atoms. The minimum absolute atomic E-state index is 0.128. The molecule has 160 valence electrons. The van der Waals surface area contributed by atoms with Gasteiger partial charge in [0.2, 0.25) is 0 Å². The second-order valence-corrected chi connectivity index (χ2v) is 7.15. The monoisotopic (exact) mass is 428 g/mol. The third kappa shape index (κ3) is 4.39. The number of aliphatic hydroxyl groups excluding tert-OH is 2. The molecule has 3 aromatic carbocycles. The lowest BCUT2D eigenvalue weighted by Gasteiger charge is -2.26. The van der Waals surface area contributed by atoms with E-state index in [0.717, 1.165) is 0 Å². The zero-order valence-corrected chi connectivity index (χ0v) is 17.0. The number of rotatable bonds is 5. The van der Waals surface area contributed by atoms with Crippen molar-refractivity contribution < 1.29 is 29.3 Å². The Balaban J connectivity index is 1.71. The predicted octanol–water partition coefficient (Wildman–Crippen LogP) is 5.01. The molecule has 32 heavy (non-hydrogen) atoms. The van der Waals surface area contributed by atoms with Gasteiger partial charge in [-0.05, 0) is 29.8 Å². The van der Waals surface area contributed by atoms with E-state index in [1.165, 1.54) is 0 Å². The molecule has 0 saturated heterocycles. The first-order valence-electron chi connectivity index (χ1n) is 9.98. The van der Waals surface area contributed by atoms with E-state index in [4.69, 9.17) is 9.47 Å². The molecule has 4 rings (SSSR count). The van der Waals surface area contributed by atoms with Gasteiger partial charge in [0, 0.05) is 6.42 Å². The van der Waals surface area contributed by atoms with E-state index in [2.05, 4.69) is 0 Å². The molecule has 1 aliphatic carbocycles. The van der Waals surface area contributed by atoms with Crippen molar-refractivity contribution in [1.82, 2.24) is 0 Å². The van der Waals surface area contributed by atoms with Gasteiger partial charge in [-0.25, -0.2) is 9.59 Å². The quantitative estimate of drug-likeness (QED) is 0.438. The molecular formula is C26H20O6. The second-order valence-electron chi connectivity index (χ2n) is 7.15. The van der Waals surface area contributed by atoms with Crippen molar-refractivity contribution in [3.8, 4) is 11.5 Å². The van der Waals surface area contributed by atoms with Crippen molar-refractivity contribution in [2.45, 2.75) is 12.3 Å². The van der Waals surface area contributed by atoms with Crippen LogP contribution in [0.5, 0.6) is 11.5 Å². The fraction of sp³-hybridized carbons (Fsp3) is 0.0769. The molecule has 1 aliphatic rings. The number of esters is 2. The van der Waals surface area contributed by atoms with Gasteiger partial charge in [0.15, 0.2) is 0 Å². The van der Waals surface area contributed by atoms with Crippen LogP contribution in [-0.2, 0) is 9.59 Å². The molecule has 0 radical (unpaired) electrons. The molecule has 1 unspecified atom stereocenters. The number of aliphatic hydroxyl groups is 2. The topological polar surface area (TPSA) is 93.1 Å². The Morgan fingerprint density at radius 3 is 1.69 bits per heavy atom. The van der Waals surface area contributed by atoms with E-state index in [1.807, 2.05) is 0 Å². The molecule has 0 bridgehead atoms. The second kappa shape index (κ2) is 9.22. The number of carbonyl (C=O) groups excluding carboxylic acids is 2. The highest BCUT2D eigenvalue weighted by Gasteiger charge is 2.39. The van der Waals surface area contributed by atoms with Gasteiger partial charge >= 0.3 is 11.9 Å². The maximum Gasteiger partial charge on any atom is 0.343 e. The molecule has 0 fully saturated rings. The van der Waals surface area contributed by atoms with Crippen LogP contribution in [0.2, 0.25) is 0 Å². The molecule has 6 nitrogen and oxygen atoms in total. The lowest BCUT2D eigenvalue weighted by atomic mass is 9.81. The summed E-state index contributed by atoms with van der Waals surface area (Å²) in [6.45, 7) is 0. The highest BCUT2D eigenvalue weighted by Crippen LogP contribution is 2.41. The molecule has 0 amide bonds. The maximum atomic E-state index is 13.0. The van der Waals surface area contributed by atoms with Crippen LogP contribution in [0.1, 0.15) is 17.9 Å². The van der Waals surface area contributed by atoms with Crippen LogP contribution in [0.3, 0.4) is 0 Å². The fourth-order valence-corrected chi connectivity index (χ4v) is 3.52. The summed E-state index contributed by atoms with van der Waals surface area (Å²) in [7, 11) is 0. The van der Waals surface area contributed by atoms with E-state index >= 15 is 0 Å². The minimum atomic E-state index is -1.08. The summed E-state index contributed by atoms with van der Waals surface area (Å²) in [5.74, 6) is -2.84. The van der Waals surface area contributed by atoms with Gasteiger partial charge in [-0.2, -0.15) is 0 Å². The van der Waals surface area contributed by atoms with Crippen molar-refractivity contribution in [3.05, 3.63) is 119 Å². The van der Waals surface area contributed by atoms with Gasteiger partial charge in [-0.1, -0.05) is 66.7 Å². The molecular weight excluding hydrogens is 408 g/mol. The number of hydrogen-bond acceptors (Lipinski definition) is 6. The standard InChI is InChI=1S/C26H20O6/c27-21-16-20(25(29)31-18-12-6-2-7-13-18)24(28)22(17-10-4-1-5-11-17)23(21)26(30)32-19-14-8-3-9-15-19/h1-15,22,27-28H,16H2. The number of ether oxygens (including phenoxy) is 2.